The average Bonchev–Trinajstić information content (AvgIpc) is 2.61. The van der Waals surface area contributed by atoms with E-state index in [0.29, 0.717) is 17.5 Å². The molecule has 1 aromatic heterocycles. The van der Waals surface area contributed by atoms with Crippen molar-refractivity contribution < 1.29 is 4.79 Å². The number of nitrogens with two attached hydrogens (primary N) is 1. The van der Waals surface area contributed by atoms with Gasteiger partial charge in [-0.2, -0.15) is 0 Å². The highest BCUT2D eigenvalue weighted by Crippen LogP contribution is 2.27. The maximum absolute atomic E-state index is 11.9. The highest BCUT2D eigenvalue weighted by molar-refractivity contribution is 7.15. The van der Waals surface area contributed by atoms with E-state index >= 15 is 0 Å². The van der Waals surface area contributed by atoms with E-state index in [1.54, 1.807) is 0 Å². The van der Waals surface area contributed by atoms with Crippen LogP contribution in [-0.2, 0) is 4.79 Å². The molecule has 2 atom stereocenters. The molecule has 0 aromatic carbocycles. The molecule has 0 bridgehead atoms. The minimum absolute atomic E-state index is 0. The Morgan fingerprint density at radius 1 is 1.42 bits per heavy atom. The van der Waals surface area contributed by atoms with Crippen molar-refractivity contribution in [1.29, 1.82) is 0 Å². The van der Waals surface area contributed by atoms with Gasteiger partial charge in [-0.15, -0.1) is 23.7 Å². The lowest BCUT2D eigenvalue weighted by atomic mass is 9.83. The summed E-state index contributed by atoms with van der Waals surface area (Å²) in [4.78, 5) is 17.4. The Kier molecular flexibility index (Phi) is 6.23. The van der Waals surface area contributed by atoms with E-state index in [1.807, 2.05) is 13.8 Å². The number of rotatable bonds is 3. The fourth-order valence-electron chi connectivity index (χ4n) is 2.42. The van der Waals surface area contributed by atoms with E-state index in [1.165, 1.54) is 24.2 Å². The van der Waals surface area contributed by atoms with Crippen molar-refractivity contribution in [2.45, 2.75) is 52.0 Å². The van der Waals surface area contributed by atoms with Crippen molar-refractivity contribution in [2.75, 3.05) is 5.32 Å². The molecule has 2 rings (SSSR count). The zero-order valence-electron chi connectivity index (χ0n) is 11.4. The number of aryl methyl sites for hydroxylation is 2. The quantitative estimate of drug-likeness (QED) is 0.902. The molecule has 1 heterocycles. The molecule has 1 aliphatic rings. The number of nitrogens with zero attached hydrogens (tertiary/aromatic N) is 1. The average molecular weight is 304 g/mol. The van der Waals surface area contributed by atoms with Crippen molar-refractivity contribution in [3.8, 4) is 0 Å². The number of carbonyl (C=O) groups excluding carboxylic acids is 1. The van der Waals surface area contributed by atoms with Crippen LogP contribution in [0.5, 0.6) is 0 Å². The van der Waals surface area contributed by atoms with Crippen LogP contribution < -0.4 is 11.1 Å². The van der Waals surface area contributed by atoms with Crippen LogP contribution >= 0.6 is 23.7 Å². The summed E-state index contributed by atoms with van der Waals surface area (Å²) in [6.45, 7) is 3.97. The monoisotopic (exact) mass is 303 g/mol. The first-order chi connectivity index (χ1) is 8.56. The molecular weight excluding hydrogens is 282 g/mol. The van der Waals surface area contributed by atoms with E-state index in [9.17, 15) is 4.79 Å². The SMILES string of the molecule is Cc1nc(NC(=O)CC2CCCCC2N)sc1C.Cl. The molecule has 3 N–H and O–H groups in total. The maximum Gasteiger partial charge on any atom is 0.226 e. The molecule has 1 saturated carbocycles. The first-order valence-electron chi connectivity index (χ1n) is 6.55. The van der Waals surface area contributed by atoms with Crippen LogP contribution in [0.2, 0.25) is 0 Å². The molecule has 6 heteroatoms. The Hall–Kier alpha value is -0.650. The van der Waals surface area contributed by atoms with Gasteiger partial charge in [0.1, 0.15) is 0 Å². The Morgan fingerprint density at radius 3 is 2.68 bits per heavy atom. The number of hydrogen-bond acceptors (Lipinski definition) is 4. The number of nitrogens with one attached hydrogen (secondary N) is 1. The number of amides is 1. The number of carbonyl (C=O) groups is 1. The molecule has 0 spiro atoms. The summed E-state index contributed by atoms with van der Waals surface area (Å²) < 4.78 is 0. The Labute approximate surface area is 124 Å². The molecule has 0 aliphatic heterocycles. The van der Waals surface area contributed by atoms with Crippen LogP contribution in [0.1, 0.15) is 42.7 Å². The number of anilines is 1. The number of halogens is 1. The van der Waals surface area contributed by atoms with Crippen LogP contribution in [-0.4, -0.2) is 16.9 Å². The smallest absolute Gasteiger partial charge is 0.226 e. The summed E-state index contributed by atoms with van der Waals surface area (Å²) in [7, 11) is 0. The van der Waals surface area contributed by atoms with Crippen molar-refractivity contribution in [3.05, 3.63) is 10.6 Å². The third-order valence-corrected chi connectivity index (χ3v) is 4.68. The molecule has 0 saturated heterocycles. The zero-order valence-corrected chi connectivity index (χ0v) is 13.1. The largest absolute Gasteiger partial charge is 0.327 e. The first-order valence-corrected chi connectivity index (χ1v) is 7.37. The van der Waals surface area contributed by atoms with Crippen LogP contribution in [0.3, 0.4) is 0 Å². The van der Waals surface area contributed by atoms with E-state index in [2.05, 4.69) is 10.3 Å². The maximum atomic E-state index is 11.9. The highest BCUT2D eigenvalue weighted by Gasteiger charge is 2.24. The van der Waals surface area contributed by atoms with Gasteiger partial charge in [0.2, 0.25) is 5.91 Å². The molecule has 108 valence electrons. The van der Waals surface area contributed by atoms with Gasteiger partial charge in [-0.25, -0.2) is 4.98 Å². The Balaban J connectivity index is 0.00000180. The topological polar surface area (TPSA) is 68.0 Å². The second-order valence-corrected chi connectivity index (χ2v) is 6.32. The minimum atomic E-state index is 0. The molecular formula is C13H22ClN3OS. The van der Waals surface area contributed by atoms with Gasteiger partial charge in [0.05, 0.1) is 5.69 Å². The normalized spacial score (nSPS) is 22.7. The minimum Gasteiger partial charge on any atom is -0.327 e. The van der Waals surface area contributed by atoms with Crippen molar-refractivity contribution in [3.63, 3.8) is 0 Å². The Bertz CT molecular complexity index is 416. The lowest BCUT2D eigenvalue weighted by Gasteiger charge is -2.27. The molecule has 1 aromatic rings. The summed E-state index contributed by atoms with van der Waals surface area (Å²) in [5.74, 6) is 0.381. The molecule has 1 amide bonds. The lowest BCUT2D eigenvalue weighted by Crippen LogP contribution is -2.35. The predicted molar refractivity (Wildman–Crippen MR) is 82.0 cm³/mol. The lowest BCUT2D eigenvalue weighted by molar-refractivity contribution is -0.117. The predicted octanol–water partition coefficient (Wildman–Crippen LogP) is 3.03. The summed E-state index contributed by atoms with van der Waals surface area (Å²) in [6, 6.07) is 0.185. The summed E-state index contributed by atoms with van der Waals surface area (Å²) >= 11 is 1.53. The van der Waals surface area contributed by atoms with Crippen molar-refractivity contribution in [1.82, 2.24) is 4.98 Å². The molecule has 2 unspecified atom stereocenters. The summed E-state index contributed by atoms with van der Waals surface area (Å²) in [6.07, 6.45) is 5.04. The Morgan fingerprint density at radius 2 is 2.11 bits per heavy atom. The van der Waals surface area contributed by atoms with Gasteiger partial charge >= 0.3 is 0 Å². The van der Waals surface area contributed by atoms with Crippen molar-refractivity contribution >= 4 is 34.8 Å². The van der Waals surface area contributed by atoms with Gasteiger partial charge in [0.15, 0.2) is 5.13 Å². The van der Waals surface area contributed by atoms with Gasteiger partial charge in [-0.05, 0) is 32.6 Å². The van der Waals surface area contributed by atoms with Gasteiger partial charge in [-0.3, -0.25) is 4.79 Å². The molecule has 1 fully saturated rings. The van der Waals surface area contributed by atoms with Gasteiger partial charge in [0.25, 0.3) is 0 Å². The van der Waals surface area contributed by atoms with E-state index in [-0.39, 0.29) is 24.4 Å². The zero-order chi connectivity index (χ0) is 13.1. The van der Waals surface area contributed by atoms with Crippen LogP contribution in [0.25, 0.3) is 0 Å². The van der Waals surface area contributed by atoms with Gasteiger partial charge < -0.3 is 11.1 Å². The standard InChI is InChI=1S/C13H21N3OS.ClH/c1-8-9(2)18-13(15-8)16-12(17)7-10-5-3-4-6-11(10)14;/h10-11H,3-7,14H2,1-2H3,(H,15,16,17);1H. The van der Waals surface area contributed by atoms with E-state index in [4.69, 9.17) is 5.73 Å². The fourth-order valence-corrected chi connectivity index (χ4v) is 3.26. The van der Waals surface area contributed by atoms with Gasteiger partial charge in [-0.1, -0.05) is 12.8 Å². The third kappa shape index (κ3) is 4.44. The van der Waals surface area contributed by atoms with Crippen LogP contribution in [0.4, 0.5) is 5.13 Å². The number of aromatic nitrogens is 1. The first kappa shape index (κ1) is 16.4. The van der Waals surface area contributed by atoms with Crippen molar-refractivity contribution in [2.24, 2.45) is 11.7 Å². The number of hydrogen-bond donors (Lipinski definition) is 2. The fraction of sp³-hybridized carbons (Fsp3) is 0.692. The number of thiazole rings is 1. The second-order valence-electron chi connectivity index (χ2n) is 5.12. The third-order valence-electron chi connectivity index (χ3n) is 3.69. The molecule has 0 radical (unpaired) electrons. The van der Waals surface area contributed by atoms with E-state index in [0.717, 1.165) is 23.4 Å². The molecule has 19 heavy (non-hydrogen) atoms. The van der Waals surface area contributed by atoms with Crippen LogP contribution in [0.15, 0.2) is 0 Å². The highest BCUT2D eigenvalue weighted by atomic mass is 35.5. The summed E-state index contributed by atoms with van der Waals surface area (Å²) in [5, 5.41) is 3.59. The molecule has 4 nitrogen and oxygen atoms in total. The summed E-state index contributed by atoms with van der Waals surface area (Å²) in [5.41, 5.74) is 7.05. The van der Waals surface area contributed by atoms with Gasteiger partial charge in [0, 0.05) is 17.3 Å². The van der Waals surface area contributed by atoms with Crippen LogP contribution in [0, 0.1) is 19.8 Å². The second kappa shape index (κ2) is 7.22. The van der Waals surface area contributed by atoms with E-state index < -0.39 is 0 Å². The molecule has 1 aliphatic carbocycles.